The molecule has 5 rings (SSSR count). The number of carbonyl (C=O) groups excluding carboxylic acids is 1. The van der Waals surface area contributed by atoms with Gasteiger partial charge in [-0.15, -0.1) is 0 Å². The van der Waals surface area contributed by atoms with Crippen molar-refractivity contribution in [2.75, 3.05) is 44.2 Å². The molecule has 0 saturated carbocycles. The third-order valence-electron chi connectivity index (χ3n) is 6.65. The van der Waals surface area contributed by atoms with Crippen LogP contribution in [0.15, 0.2) is 24.3 Å². The number of hydrogen-bond acceptors (Lipinski definition) is 6. The van der Waals surface area contributed by atoms with Crippen molar-refractivity contribution in [3.8, 4) is 11.5 Å². The summed E-state index contributed by atoms with van der Waals surface area (Å²) in [6.45, 7) is 3.16. The minimum atomic E-state index is -4.60. The van der Waals surface area contributed by atoms with E-state index in [1.54, 1.807) is 34.1 Å². The molecule has 2 aliphatic heterocycles. The number of fused-ring (bicyclic) bond motifs is 1. The number of thiazole rings is 1. The van der Waals surface area contributed by atoms with Gasteiger partial charge < -0.3 is 14.8 Å². The Bertz CT molecular complexity index is 1210. The fraction of sp³-hybridized carbons (Fsp3) is 0.522. The van der Waals surface area contributed by atoms with Crippen LogP contribution in [0.25, 0.3) is 22.6 Å². The van der Waals surface area contributed by atoms with E-state index in [4.69, 9.17) is 0 Å². The summed E-state index contributed by atoms with van der Waals surface area (Å²) in [5.41, 5.74) is 1.45. The molecule has 194 valence electrons. The Hall–Kier alpha value is -2.80. The average molecular weight is 529 g/mol. The van der Waals surface area contributed by atoms with Crippen LogP contribution in [0.3, 0.4) is 0 Å². The van der Waals surface area contributed by atoms with Gasteiger partial charge in [0.25, 0.3) is 5.92 Å². The first-order chi connectivity index (χ1) is 17.0. The van der Waals surface area contributed by atoms with Crippen molar-refractivity contribution in [2.24, 2.45) is 0 Å². The number of anilines is 1. The molecule has 1 aromatic carbocycles. The average Bonchev–Trinajstić information content (AvgIpc) is 3.44. The van der Waals surface area contributed by atoms with Gasteiger partial charge in [0, 0.05) is 51.6 Å². The van der Waals surface area contributed by atoms with Crippen LogP contribution < -0.4 is 4.90 Å². The Labute approximate surface area is 207 Å². The van der Waals surface area contributed by atoms with E-state index in [0.717, 1.165) is 0 Å². The highest BCUT2D eigenvalue weighted by atomic mass is 32.1. The Morgan fingerprint density at radius 2 is 1.86 bits per heavy atom. The van der Waals surface area contributed by atoms with Gasteiger partial charge in [-0.2, -0.15) is 13.2 Å². The van der Waals surface area contributed by atoms with Crippen LogP contribution in [0, 0.1) is 0 Å². The maximum Gasteiger partial charge on any atom is 0.443 e. The number of nitrogens with zero attached hydrogens (tertiary/aromatic N) is 5. The van der Waals surface area contributed by atoms with E-state index in [1.165, 1.54) is 0 Å². The number of benzene rings is 1. The van der Waals surface area contributed by atoms with Gasteiger partial charge in [-0.05, 0) is 19.1 Å². The first-order valence-electron chi connectivity index (χ1n) is 11.7. The third-order valence-corrected chi connectivity index (χ3v) is 7.81. The van der Waals surface area contributed by atoms with Crippen molar-refractivity contribution < 1.29 is 26.7 Å². The van der Waals surface area contributed by atoms with Crippen LogP contribution in [-0.4, -0.2) is 81.9 Å². The van der Waals surface area contributed by atoms with Crippen LogP contribution in [0.5, 0.6) is 0 Å². The molecule has 0 radical (unpaired) electrons. The highest BCUT2D eigenvalue weighted by molar-refractivity contribution is 7.16. The van der Waals surface area contributed by atoms with Gasteiger partial charge in [-0.3, -0.25) is 9.69 Å². The molecule has 2 aromatic heterocycles. The maximum atomic E-state index is 13.6. The monoisotopic (exact) mass is 528 g/mol. The number of hydrogen-bond donors (Lipinski definition) is 1. The number of piperazine rings is 1. The summed E-state index contributed by atoms with van der Waals surface area (Å²) >= 11 is 0.565. The van der Waals surface area contributed by atoms with E-state index in [9.17, 15) is 26.7 Å². The molecule has 2 saturated heterocycles. The van der Waals surface area contributed by atoms with Crippen LogP contribution >= 0.6 is 11.3 Å². The number of aromatic nitrogens is 3. The molecule has 1 amide bonds. The number of para-hydroxylation sites is 2. The van der Waals surface area contributed by atoms with Crippen molar-refractivity contribution in [2.45, 2.75) is 37.9 Å². The highest BCUT2D eigenvalue weighted by Crippen LogP contribution is 2.42. The minimum Gasteiger partial charge on any atom is -0.358 e. The molecule has 36 heavy (non-hydrogen) atoms. The van der Waals surface area contributed by atoms with Gasteiger partial charge in [-0.1, -0.05) is 23.5 Å². The number of halogens is 5. The first kappa shape index (κ1) is 24.9. The number of nitrogens with one attached hydrogen (secondary N) is 1. The lowest BCUT2D eigenvalue weighted by atomic mass is 10.1. The second kappa shape index (κ2) is 9.25. The number of likely N-dealkylation sites (tertiary alicyclic amines) is 1. The molecule has 0 spiro atoms. The van der Waals surface area contributed by atoms with E-state index in [-0.39, 0.29) is 55.9 Å². The number of carbonyl (C=O) groups is 1. The molecule has 2 fully saturated rings. The zero-order chi connectivity index (χ0) is 25.7. The lowest BCUT2D eigenvalue weighted by Gasteiger charge is -2.41. The molecule has 1 atom stereocenters. The summed E-state index contributed by atoms with van der Waals surface area (Å²) in [5, 5.41) is -0.611. The molecule has 4 heterocycles. The normalized spacial score (nSPS) is 21.3. The first-order valence-corrected chi connectivity index (χ1v) is 12.5. The Morgan fingerprint density at radius 3 is 2.53 bits per heavy atom. The lowest BCUT2D eigenvalue weighted by molar-refractivity contribution is -0.138. The van der Waals surface area contributed by atoms with Crippen molar-refractivity contribution in [3.63, 3.8) is 0 Å². The topological polar surface area (TPSA) is 68.4 Å². The molecule has 7 nitrogen and oxygen atoms in total. The van der Waals surface area contributed by atoms with Crippen molar-refractivity contribution in [1.82, 2.24) is 24.8 Å². The molecule has 0 aliphatic carbocycles. The SMILES string of the molecule is C[C@@H]1CN(c2sc(C(F)(F)F)nc2-c2nc3ccccc3[nH]2)CCN1C(=O)CN1CCC(F)(F)CC1. The largest absolute Gasteiger partial charge is 0.443 e. The molecule has 1 N–H and O–H groups in total. The Kier molecular flexibility index (Phi) is 6.39. The van der Waals surface area contributed by atoms with Crippen molar-refractivity contribution in [1.29, 1.82) is 0 Å². The second-order valence-electron chi connectivity index (χ2n) is 9.29. The minimum absolute atomic E-state index is 0.0590. The predicted octanol–water partition coefficient (Wildman–Crippen LogP) is 4.47. The number of alkyl halides is 5. The van der Waals surface area contributed by atoms with E-state index < -0.39 is 17.1 Å². The van der Waals surface area contributed by atoms with Gasteiger partial charge in [0.05, 0.1) is 17.6 Å². The number of amides is 1. The zero-order valence-corrected chi connectivity index (χ0v) is 20.3. The van der Waals surface area contributed by atoms with Crippen molar-refractivity contribution >= 4 is 33.3 Å². The van der Waals surface area contributed by atoms with Crippen LogP contribution in [0.1, 0.15) is 24.8 Å². The molecular weight excluding hydrogens is 503 g/mol. The Morgan fingerprint density at radius 1 is 1.14 bits per heavy atom. The number of aromatic amines is 1. The fourth-order valence-corrected chi connectivity index (χ4v) is 5.67. The number of piperidine rings is 1. The number of rotatable bonds is 4. The summed E-state index contributed by atoms with van der Waals surface area (Å²) in [6.07, 6.45) is -5.12. The predicted molar refractivity (Wildman–Crippen MR) is 126 cm³/mol. The fourth-order valence-electron chi connectivity index (χ4n) is 4.70. The van der Waals surface area contributed by atoms with Crippen LogP contribution in [-0.2, 0) is 11.0 Å². The van der Waals surface area contributed by atoms with Gasteiger partial charge in [0.1, 0.15) is 10.7 Å². The smallest absolute Gasteiger partial charge is 0.358 e. The van der Waals surface area contributed by atoms with Crippen molar-refractivity contribution in [3.05, 3.63) is 29.3 Å². The molecular formula is C23H25F5N6OS. The summed E-state index contributed by atoms with van der Waals surface area (Å²) in [5.74, 6) is -2.59. The lowest BCUT2D eigenvalue weighted by Crippen LogP contribution is -2.56. The van der Waals surface area contributed by atoms with Crippen LogP contribution in [0.2, 0.25) is 0 Å². The van der Waals surface area contributed by atoms with E-state index >= 15 is 0 Å². The highest BCUT2D eigenvalue weighted by Gasteiger charge is 2.39. The van der Waals surface area contributed by atoms with Crippen LogP contribution in [0.4, 0.5) is 27.0 Å². The molecule has 0 unspecified atom stereocenters. The summed E-state index contributed by atoms with van der Waals surface area (Å²) < 4.78 is 67.6. The molecule has 0 bridgehead atoms. The molecule has 2 aliphatic rings. The van der Waals surface area contributed by atoms with Gasteiger partial charge in [0.15, 0.2) is 5.82 Å². The van der Waals surface area contributed by atoms with E-state index in [2.05, 4.69) is 15.0 Å². The second-order valence-corrected chi connectivity index (χ2v) is 10.3. The van der Waals surface area contributed by atoms with E-state index in [1.807, 2.05) is 11.8 Å². The zero-order valence-electron chi connectivity index (χ0n) is 19.5. The third kappa shape index (κ3) is 5.03. The maximum absolute atomic E-state index is 13.6. The Balaban J connectivity index is 1.33. The quantitative estimate of drug-likeness (QED) is 0.506. The van der Waals surface area contributed by atoms with Gasteiger partial charge >= 0.3 is 6.18 Å². The van der Waals surface area contributed by atoms with Gasteiger partial charge in [-0.25, -0.2) is 18.7 Å². The number of imidazole rings is 1. The molecule has 13 heteroatoms. The van der Waals surface area contributed by atoms with E-state index in [0.29, 0.717) is 47.0 Å². The summed E-state index contributed by atoms with van der Waals surface area (Å²) in [4.78, 5) is 29.5. The standard InChI is InChI=1S/C23H25F5N6OS/c1-14-12-33(10-11-34(14)17(35)13-32-8-6-22(24,25)7-9-32)20-18(31-21(36-20)23(26,27)28)19-29-15-4-2-3-5-16(15)30-19/h2-5,14H,6-13H2,1H3,(H,29,30)/t14-/m1/s1. The molecule has 3 aromatic rings. The summed E-state index contributed by atoms with van der Waals surface area (Å²) in [6, 6.07) is 6.88. The summed E-state index contributed by atoms with van der Waals surface area (Å²) in [7, 11) is 0. The number of H-pyrrole nitrogens is 1. The van der Waals surface area contributed by atoms with Gasteiger partial charge in [0.2, 0.25) is 10.9 Å².